The summed E-state index contributed by atoms with van der Waals surface area (Å²) in [4.78, 5) is 27.2. The first kappa shape index (κ1) is 23.7. The van der Waals surface area contributed by atoms with Gasteiger partial charge >= 0.3 is 0 Å². The number of anilines is 1. The molecule has 1 N–H and O–H groups in total. The quantitative estimate of drug-likeness (QED) is 0.331. The number of rotatable bonds is 7. The smallest absolute Gasteiger partial charge is 0.270 e. The lowest BCUT2D eigenvalue weighted by Crippen LogP contribution is -2.54. The molecule has 0 spiro atoms. The van der Waals surface area contributed by atoms with Gasteiger partial charge in [-0.25, -0.2) is 4.90 Å². The standard InChI is InChI=1S/C23H23BrN2O5S/c1-5-13(2)31-20-16(24)11-14(12-19(20)30-4)10-15-21(27)25-23(32)26(22(15)28)17-8-6-7-9-18(17)29-3/h6-13H,5H2,1-4H3,(H,25,27,32)/b15-10+/t13-/m0/s1. The van der Waals surface area contributed by atoms with Crippen molar-refractivity contribution in [3.63, 3.8) is 0 Å². The maximum Gasteiger partial charge on any atom is 0.270 e. The van der Waals surface area contributed by atoms with Crippen LogP contribution in [0.1, 0.15) is 25.8 Å². The molecule has 0 unspecified atom stereocenters. The lowest BCUT2D eigenvalue weighted by Gasteiger charge is -2.29. The summed E-state index contributed by atoms with van der Waals surface area (Å²) in [5.74, 6) is 0.349. The van der Waals surface area contributed by atoms with Crippen LogP contribution in [0.3, 0.4) is 0 Å². The summed E-state index contributed by atoms with van der Waals surface area (Å²) in [6.07, 6.45) is 2.31. The van der Waals surface area contributed by atoms with E-state index < -0.39 is 11.8 Å². The van der Waals surface area contributed by atoms with E-state index >= 15 is 0 Å². The summed E-state index contributed by atoms with van der Waals surface area (Å²) >= 11 is 8.76. The van der Waals surface area contributed by atoms with E-state index in [4.69, 9.17) is 26.4 Å². The molecule has 32 heavy (non-hydrogen) atoms. The monoisotopic (exact) mass is 518 g/mol. The summed E-state index contributed by atoms with van der Waals surface area (Å²) < 4.78 is 17.4. The molecular formula is C23H23BrN2O5S. The van der Waals surface area contributed by atoms with Gasteiger partial charge in [0.2, 0.25) is 0 Å². The average Bonchev–Trinajstić information content (AvgIpc) is 2.78. The second-order valence-corrected chi connectivity index (χ2v) is 8.24. The Labute approximate surface area is 200 Å². The molecule has 1 saturated heterocycles. The van der Waals surface area contributed by atoms with Gasteiger partial charge < -0.3 is 14.2 Å². The fraction of sp³-hybridized carbons (Fsp3) is 0.261. The second kappa shape index (κ2) is 10.1. The number of halogens is 1. The predicted octanol–water partition coefficient (Wildman–Crippen LogP) is 4.47. The Morgan fingerprint density at radius 2 is 1.84 bits per heavy atom. The van der Waals surface area contributed by atoms with Gasteiger partial charge in [0.05, 0.1) is 30.5 Å². The normalized spacial score (nSPS) is 16.1. The zero-order valence-electron chi connectivity index (χ0n) is 18.1. The van der Waals surface area contributed by atoms with Gasteiger partial charge in [-0.1, -0.05) is 19.1 Å². The molecule has 0 radical (unpaired) electrons. The number of hydrogen-bond acceptors (Lipinski definition) is 6. The van der Waals surface area contributed by atoms with E-state index in [0.717, 1.165) is 6.42 Å². The van der Waals surface area contributed by atoms with E-state index in [-0.39, 0.29) is 16.8 Å². The van der Waals surface area contributed by atoms with E-state index in [1.807, 2.05) is 13.8 Å². The molecule has 3 rings (SSSR count). The summed E-state index contributed by atoms with van der Waals surface area (Å²) in [5.41, 5.74) is 0.942. The molecular weight excluding hydrogens is 496 g/mol. The van der Waals surface area contributed by atoms with Crippen LogP contribution in [0.25, 0.3) is 6.08 Å². The van der Waals surface area contributed by atoms with E-state index in [9.17, 15) is 9.59 Å². The van der Waals surface area contributed by atoms with E-state index in [1.165, 1.54) is 25.2 Å². The van der Waals surface area contributed by atoms with Crippen LogP contribution in [0, 0.1) is 0 Å². The molecule has 1 aliphatic heterocycles. The molecule has 1 atom stereocenters. The van der Waals surface area contributed by atoms with Gasteiger partial charge in [0.15, 0.2) is 16.6 Å². The Balaban J connectivity index is 2.03. The number of ether oxygens (including phenoxy) is 3. The van der Waals surface area contributed by atoms with Crippen molar-refractivity contribution in [3.05, 3.63) is 52.0 Å². The summed E-state index contributed by atoms with van der Waals surface area (Å²) in [6.45, 7) is 3.98. The van der Waals surface area contributed by atoms with Crippen LogP contribution in [0.5, 0.6) is 17.2 Å². The molecule has 168 valence electrons. The Morgan fingerprint density at radius 1 is 1.16 bits per heavy atom. The minimum absolute atomic E-state index is 0.00877. The predicted molar refractivity (Wildman–Crippen MR) is 130 cm³/mol. The molecule has 0 saturated carbocycles. The maximum atomic E-state index is 13.3. The van der Waals surface area contributed by atoms with Crippen LogP contribution in [0.4, 0.5) is 5.69 Å². The zero-order valence-corrected chi connectivity index (χ0v) is 20.5. The van der Waals surface area contributed by atoms with Crippen molar-refractivity contribution in [2.75, 3.05) is 19.1 Å². The SMILES string of the molecule is CC[C@H](C)Oc1c(Br)cc(/C=C2\C(=O)NC(=S)N(c3ccccc3OC)C2=O)cc1OC. The van der Waals surface area contributed by atoms with Gasteiger partial charge in [0, 0.05) is 0 Å². The number of carbonyl (C=O) groups is 2. The fourth-order valence-electron chi connectivity index (χ4n) is 3.08. The molecule has 7 nitrogen and oxygen atoms in total. The van der Waals surface area contributed by atoms with Crippen molar-refractivity contribution < 1.29 is 23.8 Å². The largest absolute Gasteiger partial charge is 0.495 e. The minimum atomic E-state index is -0.582. The van der Waals surface area contributed by atoms with Crippen LogP contribution in [0.2, 0.25) is 0 Å². The Bertz CT molecular complexity index is 1100. The van der Waals surface area contributed by atoms with E-state index in [0.29, 0.717) is 33.0 Å². The Hall–Kier alpha value is -2.91. The molecule has 1 fully saturated rings. The second-order valence-electron chi connectivity index (χ2n) is 7.00. The van der Waals surface area contributed by atoms with Gasteiger partial charge in [-0.05, 0) is 77.4 Å². The highest BCUT2D eigenvalue weighted by Crippen LogP contribution is 2.38. The number of benzene rings is 2. The molecule has 1 aliphatic rings. The van der Waals surface area contributed by atoms with Crippen molar-refractivity contribution >= 4 is 56.8 Å². The number of nitrogens with one attached hydrogen (secondary N) is 1. The van der Waals surface area contributed by atoms with Crippen LogP contribution < -0.4 is 24.4 Å². The van der Waals surface area contributed by atoms with Gasteiger partial charge in [-0.3, -0.25) is 14.9 Å². The van der Waals surface area contributed by atoms with Crippen LogP contribution in [-0.4, -0.2) is 37.3 Å². The number of hydrogen-bond donors (Lipinski definition) is 1. The minimum Gasteiger partial charge on any atom is -0.495 e. The topological polar surface area (TPSA) is 77.1 Å². The number of methoxy groups -OCH3 is 2. The molecule has 2 aromatic carbocycles. The van der Waals surface area contributed by atoms with Crippen molar-refractivity contribution in [1.29, 1.82) is 0 Å². The highest BCUT2D eigenvalue weighted by molar-refractivity contribution is 9.10. The number of nitrogens with zero attached hydrogens (tertiary/aromatic N) is 1. The number of carbonyl (C=O) groups excluding carboxylic acids is 2. The van der Waals surface area contributed by atoms with Crippen molar-refractivity contribution in [2.45, 2.75) is 26.4 Å². The Morgan fingerprint density at radius 3 is 2.50 bits per heavy atom. The third-order valence-electron chi connectivity index (χ3n) is 4.88. The fourth-order valence-corrected chi connectivity index (χ4v) is 3.91. The van der Waals surface area contributed by atoms with E-state index in [2.05, 4.69) is 21.2 Å². The maximum absolute atomic E-state index is 13.3. The molecule has 0 aromatic heterocycles. The Kier molecular flexibility index (Phi) is 7.52. The highest BCUT2D eigenvalue weighted by Gasteiger charge is 2.35. The van der Waals surface area contributed by atoms with Gasteiger partial charge in [0.1, 0.15) is 11.3 Å². The van der Waals surface area contributed by atoms with Gasteiger partial charge in [-0.2, -0.15) is 0 Å². The number of para-hydroxylation sites is 2. The third-order valence-corrected chi connectivity index (χ3v) is 5.76. The van der Waals surface area contributed by atoms with Crippen molar-refractivity contribution in [3.8, 4) is 17.2 Å². The summed E-state index contributed by atoms with van der Waals surface area (Å²) in [5, 5.41) is 2.56. The third kappa shape index (κ3) is 4.78. The number of amides is 2. The lowest BCUT2D eigenvalue weighted by atomic mass is 10.1. The lowest BCUT2D eigenvalue weighted by molar-refractivity contribution is -0.122. The molecule has 2 aromatic rings. The highest BCUT2D eigenvalue weighted by atomic mass is 79.9. The van der Waals surface area contributed by atoms with E-state index in [1.54, 1.807) is 36.4 Å². The summed E-state index contributed by atoms with van der Waals surface area (Å²) in [7, 11) is 3.03. The molecule has 0 bridgehead atoms. The first-order chi connectivity index (χ1) is 15.3. The zero-order chi connectivity index (χ0) is 23.4. The summed E-state index contributed by atoms with van der Waals surface area (Å²) in [6, 6.07) is 10.4. The molecule has 0 aliphatic carbocycles. The van der Waals surface area contributed by atoms with Crippen LogP contribution in [0.15, 0.2) is 46.4 Å². The van der Waals surface area contributed by atoms with Crippen molar-refractivity contribution in [1.82, 2.24) is 5.32 Å². The molecule has 1 heterocycles. The first-order valence-electron chi connectivity index (χ1n) is 9.89. The van der Waals surface area contributed by atoms with Gasteiger partial charge in [0.25, 0.3) is 11.8 Å². The first-order valence-corrected chi connectivity index (χ1v) is 11.1. The van der Waals surface area contributed by atoms with Crippen LogP contribution in [-0.2, 0) is 9.59 Å². The van der Waals surface area contributed by atoms with Crippen molar-refractivity contribution in [2.24, 2.45) is 0 Å². The molecule has 2 amide bonds. The average molecular weight is 519 g/mol. The van der Waals surface area contributed by atoms with Crippen LogP contribution >= 0.6 is 28.1 Å². The molecule has 9 heteroatoms. The van der Waals surface area contributed by atoms with Gasteiger partial charge in [-0.15, -0.1) is 0 Å². The number of thiocarbonyl (C=S) groups is 1.